The van der Waals surface area contributed by atoms with Crippen molar-refractivity contribution in [2.24, 2.45) is 34.5 Å². The third-order valence-corrected chi connectivity index (χ3v) is 16.1. The number of hydrogen-bond acceptors (Lipinski definition) is 15. The van der Waals surface area contributed by atoms with Crippen LogP contribution in [0.4, 0.5) is 0 Å². The number of carbonyl (C=O) groups excluding carboxylic acids is 2. The lowest BCUT2D eigenvalue weighted by atomic mass is 9.43. The molecule has 3 saturated heterocycles. The summed E-state index contributed by atoms with van der Waals surface area (Å²) in [4.78, 5) is 24.4. The third-order valence-electron chi connectivity index (χ3n) is 16.1. The van der Waals surface area contributed by atoms with Gasteiger partial charge in [0.25, 0.3) is 0 Å². The molecular formula is C43H66O15. The van der Waals surface area contributed by atoms with Crippen molar-refractivity contribution in [3.63, 3.8) is 0 Å². The number of esters is 2. The molecule has 4 heterocycles. The molecule has 4 aliphatic carbocycles. The number of hydrogen-bond donors (Lipinski definition) is 5. The fourth-order valence-electron chi connectivity index (χ4n) is 13.2. The summed E-state index contributed by atoms with van der Waals surface area (Å²) < 4.78 is 48.1. The third kappa shape index (κ3) is 7.60. The molecule has 328 valence electrons. The first-order valence-corrected chi connectivity index (χ1v) is 21.8. The van der Waals surface area contributed by atoms with Gasteiger partial charge in [-0.15, -0.1) is 0 Å². The van der Waals surface area contributed by atoms with Crippen LogP contribution >= 0.6 is 0 Å². The van der Waals surface area contributed by atoms with Crippen molar-refractivity contribution in [3.8, 4) is 0 Å². The van der Waals surface area contributed by atoms with Gasteiger partial charge in [-0.05, 0) is 94.5 Å². The Balaban J connectivity index is 0.848. The normalized spacial score (nSPS) is 53.2. The Kier molecular flexibility index (Phi) is 12.0. The second-order valence-corrected chi connectivity index (χ2v) is 19.5. The van der Waals surface area contributed by atoms with Gasteiger partial charge in [0.2, 0.25) is 0 Å². The molecular weight excluding hydrogens is 756 g/mol. The highest BCUT2D eigenvalue weighted by Crippen LogP contribution is 2.70. The highest BCUT2D eigenvalue weighted by atomic mass is 16.7. The van der Waals surface area contributed by atoms with Crippen molar-refractivity contribution in [2.45, 2.75) is 204 Å². The van der Waals surface area contributed by atoms with Gasteiger partial charge in [-0.25, -0.2) is 4.79 Å². The van der Waals surface area contributed by atoms with Crippen molar-refractivity contribution in [1.29, 1.82) is 0 Å². The molecule has 15 heteroatoms. The molecule has 5 N–H and O–H groups in total. The van der Waals surface area contributed by atoms with Crippen LogP contribution in [0.5, 0.6) is 0 Å². The van der Waals surface area contributed by atoms with Crippen LogP contribution in [-0.4, -0.2) is 136 Å². The number of rotatable bonds is 8. The molecule has 4 saturated carbocycles. The SMILES string of the molecule is CC(=O)O[C@H]1C[C@]2(O)[C@@H]3CC[C@@H]4C[C@@H](O[C@H]5C[C@H](O)[C@H](O[C@@H]6C[C@H](O)[C@H](O[C@@H]7C[C@H](O)[C@H](O)[C@@H](C)O7)[C@@H](C)O6)[C@@H](C)O5)CC[C@]4(C)[C@H]3CC[C@]2(C)[C@H]1C1=CC(=O)OC1. The first-order chi connectivity index (χ1) is 27.4. The molecule has 4 aliphatic heterocycles. The van der Waals surface area contributed by atoms with E-state index in [0.29, 0.717) is 18.3 Å². The van der Waals surface area contributed by atoms with Crippen molar-refractivity contribution in [3.05, 3.63) is 11.6 Å². The minimum absolute atomic E-state index is 0.00291. The molecule has 58 heavy (non-hydrogen) atoms. The Hall–Kier alpha value is -1.76. The number of aliphatic hydroxyl groups excluding tert-OH is 4. The Morgan fingerprint density at radius 2 is 1.36 bits per heavy atom. The maximum absolute atomic E-state index is 12.8. The Labute approximate surface area is 341 Å². The van der Waals surface area contributed by atoms with Gasteiger partial charge >= 0.3 is 11.9 Å². The predicted molar refractivity (Wildman–Crippen MR) is 202 cm³/mol. The van der Waals surface area contributed by atoms with E-state index in [0.717, 1.165) is 50.5 Å². The first kappa shape index (κ1) is 42.9. The van der Waals surface area contributed by atoms with Crippen molar-refractivity contribution < 1.29 is 73.0 Å². The summed E-state index contributed by atoms with van der Waals surface area (Å²) in [5.74, 6) is -0.330. The first-order valence-electron chi connectivity index (χ1n) is 21.8. The summed E-state index contributed by atoms with van der Waals surface area (Å²) in [5.41, 5.74) is -0.805. The van der Waals surface area contributed by atoms with Gasteiger partial charge in [-0.2, -0.15) is 0 Å². The lowest BCUT2D eigenvalue weighted by Crippen LogP contribution is -2.62. The number of aliphatic hydroxyl groups is 5. The summed E-state index contributed by atoms with van der Waals surface area (Å²) in [6.45, 7) is 11.3. The fraction of sp³-hybridized carbons (Fsp3) is 0.907. The zero-order valence-electron chi connectivity index (χ0n) is 34.8. The summed E-state index contributed by atoms with van der Waals surface area (Å²) in [6, 6.07) is 0. The minimum atomic E-state index is -1.05. The monoisotopic (exact) mass is 822 g/mol. The van der Waals surface area contributed by atoms with Gasteiger partial charge in [-0.3, -0.25) is 4.79 Å². The molecule has 7 fully saturated rings. The maximum Gasteiger partial charge on any atom is 0.331 e. The van der Waals surface area contributed by atoms with Crippen molar-refractivity contribution in [2.75, 3.05) is 6.61 Å². The van der Waals surface area contributed by atoms with Crippen LogP contribution in [0.1, 0.15) is 112 Å². The van der Waals surface area contributed by atoms with E-state index in [4.69, 9.17) is 37.9 Å². The topological polar surface area (TPSA) is 209 Å². The minimum Gasteiger partial charge on any atom is -0.462 e. The van der Waals surface area contributed by atoms with Gasteiger partial charge in [0.15, 0.2) is 18.9 Å². The fourth-order valence-corrected chi connectivity index (χ4v) is 13.2. The molecule has 0 aromatic carbocycles. The molecule has 0 bridgehead atoms. The van der Waals surface area contributed by atoms with Crippen LogP contribution in [0, 0.1) is 34.5 Å². The molecule has 0 amide bonds. The van der Waals surface area contributed by atoms with Crippen LogP contribution < -0.4 is 0 Å². The van der Waals surface area contributed by atoms with Gasteiger partial charge < -0.3 is 63.4 Å². The van der Waals surface area contributed by atoms with Gasteiger partial charge in [-0.1, -0.05) is 13.8 Å². The molecule has 15 nitrogen and oxygen atoms in total. The quantitative estimate of drug-likeness (QED) is 0.176. The number of cyclic esters (lactones) is 1. The zero-order valence-corrected chi connectivity index (χ0v) is 34.8. The molecule has 8 aliphatic rings. The Bertz CT molecular complexity index is 1520. The van der Waals surface area contributed by atoms with Crippen molar-refractivity contribution >= 4 is 11.9 Å². The number of fused-ring (bicyclic) bond motifs is 5. The highest BCUT2D eigenvalue weighted by molar-refractivity contribution is 5.85. The van der Waals surface area contributed by atoms with Gasteiger partial charge in [0, 0.05) is 50.0 Å². The summed E-state index contributed by atoms with van der Waals surface area (Å²) >= 11 is 0. The molecule has 21 atom stereocenters. The van der Waals surface area contributed by atoms with E-state index in [1.54, 1.807) is 13.8 Å². The van der Waals surface area contributed by atoms with Crippen LogP contribution in [-0.2, 0) is 47.5 Å². The van der Waals surface area contributed by atoms with E-state index >= 15 is 0 Å². The Morgan fingerprint density at radius 1 is 0.759 bits per heavy atom. The second kappa shape index (κ2) is 16.2. The van der Waals surface area contributed by atoms with E-state index in [1.165, 1.54) is 13.0 Å². The lowest BCUT2D eigenvalue weighted by molar-refractivity contribution is -0.336. The average molecular weight is 823 g/mol. The Morgan fingerprint density at radius 3 is 1.93 bits per heavy atom. The molecule has 0 unspecified atom stereocenters. The molecule has 0 aromatic rings. The number of carbonyl (C=O) groups is 2. The van der Waals surface area contributed by atoms with Crippen LogP contribution in [0.3, 0.4) is 0 Å². The van der Waals surface area contributed by atoms with E-state index in [9.17, 15) is 35.1 Å². The smallest absolute Gasteiger partial charge is 0.331 e. The van der Waals surface area contributed by atoms with Crippen LogP contribution in [0.2, 0.25) is 0 Å². The van der Waals surface area contributed by atoms with E-state index in [2.05, 4.69) is 13.8 Å². The second-order valence-electron chi connectivity index (χ2n) is 19.5. The average Bonchev–Trinajstić information content (AvgIpc) is 3.66. The molecule has 0 spiro atoms. The highest BCUT2D eigenvalue weighted by Gasteiger charge is 2.71. The summed E-state index contributed by atoms with van der Waals surface area (Å²) in [6.07, 6.45) is -1.36. The van der Waals surface area contributed by atoms with E-state index in [1.807, 2.05) is 6.92 Å². The molecule has 0 aromatic heterocycles. The standard InChI is InChI=1S/C43H66O15/c1-20-38(49)29(45)15-35(52-20)57-40-22(3)54-36(17-31(40)47)58-39-21(2)53-34(16-30(39)46)56-26-9-11-41(5)25(14-26)7-8-28-27(41)10-12-42(6)37(24-13-33(48)51-19-24)32(55-23(4)44)18-43(28,42)50/h13,20-22,25-32,34-40,45-47,49-50H,7-12,14-19H2,1-6H3/t20-,21-,22-,25-,26+,27+,28-,29+,30+,31+,32+,34+,35-,36-,37+,38-,39-,40-,41+,42-,43+/m1/s1. The maximum atomic E-state index is 12.8. The summed E-state index contributed by atoms with van der Waals surface area (Å²) in [5, 5.41) is 55.4. The number of ether oxygens (including phenoxy) is 8. The largest absolute Gasteiger partial charge is 0.462 e. The molecule has 8 rings (SSSR count). The zero-order chi connectivity index (χ0) is 41.5. The molecule has 0 radical (unpaired) electrons. The summed E-state index contributed by atoms with van der Waals surface area (Å²) in [7, 11) is 0. The van der Waals surface area contributed by atoms with Gasteiger partial charge in [0.1, 0.15) is 31.0 Å². The van der Waals surface area contributed by atoms with E-state index in [-0.39, 0.29) is 61.2 Å². The predicted octanol–water partition coefficient (Wildman–Crippen LogP) is 2.79. The van der Waals surface area contributed by atoms with Gasteiger partial charge in [0.05, 0.1) is 48.3 Å². The van der Waals surface area contributed by atoms with Crippen LogP contribution in [0.15, 0.2) is 11.6 Å². The van der Waals surface area contributed by atoms with Crippen LogP contribution in [0.25, 0.3) is 0 Å². The lowest BCUT2D eigenvalue weighted by Gasteiger charge is -2.63. The van der Waals surface area contributed by atoms with Crippen molar-refractivity contribution in [1.82, 2.24) is 0 Å². The van der Waals surface area contributed by atoms with E-state index < -0.39 is 90.9 Å².